The molecule has 220 valence electrons. The largest absolute Gasteiger partial charge is 0.453 e. The van der Waals surface area contributed by atoms with Gasteiger partial charge in [-0.25, -0.2) is 0 Å². The van der Waals surface area contributed by atoms with Gasteiger partial charge in [0.1, 0.15) is 24.4 Å². The number of ether oxygens (including phenoxy) is 7. The van der Waals surface area contributed by atoms with Crippen molar-refractivity contribution in [1.82, 2.24) is 0 Å². The predicted octanol–water partition coefficient (Wildman–Crippen LogP) is 3.56. The van der Waals surface area contributed by atoms with E-state index in [1.54, 1.807) is 0 Å². The second-order valence-electron chi connectivity index (χ2n) is 8.16. The third-order valence-electron chi connectivity index (χ3n) is 5.23. The molecule has 0 unspecified atom stereocenters. The minimum atomic E-state index is -6.34. The predicted molar refractivity (Wildman–Crippen MR) is 89.2 cm³/mol. The molecule has 2 heterocycles. The molecule has 0 bridgehead atoms. The van der Waals surface area contributed by atoms with Crippen molar-refractivity contribution in [3.8, 4) is 0 Å². The van der Waals surface area contributed by atoms with Crippen molar-refractivity contribution >= 4 is 0 Å². The molecule has 0 aromatic rings. The first-order valence-electron chi connectivity index (χ1n) is 9.78. The molecule has 0 aliphatic carbocycles. The van der Waals surface area contributed by atoms with Gasteiger partial charge in [-0.05, 0) is 13.8 Å². The van der Waals surface area contributed by atoms with Gasteiger partial charge in [0.05, 0.1) is 6.61 Å². The minimum absolute atomic E-state index is 0.0294. The molecule has 2 aliphatic heterocycles. The van der Waals surface area contributed by atoms with Crippen LogP contribution in [-0.2, 0) is 33.2 Å². The maximum atomic E-state index is 13.5. The fraction of sp³-hybridized carbons (Fsp3) is 1.00. The topological polar surface area (TPSA) is 84.8 Å². The van der Waals surface area contributed by atoms with Crippen molar-refractivity contribution in [3.05, 3.63) is 0 Å². The van der Waals surface area contributed by atoms with Gasteiger partial charge < -0.3 is 38.3 Å². The molecule has 2 aliphatic rings. The van der Waals surface area contributed by atoms with Crippen molar-refractivity contribution in [1.29, 1.82) is 0 Å². The van der Waals surface area contributed by atoms with E-state index >= 15 is 0 Å². The van der Waals surface area contributed by atoms with Crippen LogP contribution in [0.3, 0.4) is 0 Å². The second-order valence-corrected chi connectivity index (χ2v) is 8.16. The highest BCUT2D eigenvalue weighted by atomic mass is 19.4. The number of aliphatic hydroxyl groups excluding tert-OH is 1. The first kappa shape index (κ1) is 32.1. The van der Waals surface area contributed by atoms with Crippen molar-refractivity contribution in [2.24, 2.45) is 0 Å². The van der Waals surface area contributed by atoms with Crippen LogP contribution in [0.1, 0.15) is 13.8 Å². The summed E-state index contributed by atoms with van der Waals surface area (Å²) in [6, 6.07) is 0. The number of fused-ring (bicyclic) bond motifs is 1. The van der Waals surface area contributed by atoms with Crippen molar-refractivity contribution < 1.29 is 90.9 Å². The fourth-order valence-electron chi connectivity index (χ4n) is 3.63. The molecule has 0 radical (unpaired) electrons. The molecule has 0 saturated carbocycles. The number of rotatable bonds is 8. The third kappa shape index (κ3) is 5.61. The van der Waals surface area contributed by atoms with E-state index in [9.17, 15) is 57.8 Å². The molecular formula is C17H20F12O8. The SMILES string of the molecule is COC(OC[C@@H](O)[C@H]1O[C@@H]2OC(C)(C)O[C@@H]2[C@H]1OC(OC)(C(F)(F)F)C(F)(F)F)(C(F)(F)F)C(F)(F)F. The average Bonchev–Trinajstić information content (AvgIpc) is 3.14. The molecular weight excluding hydrogens is 560 g/mol. The van der Waals surface area contributed by atoms with Gasteiger partial charge in [0.2, 0.25) is 0 Å². The third-order valence-corrected chi connectivity index (χ3v) is 5.23. The number of hydrogen-bond donors (Lipinski definition) is 1. The molecule has 2 fully saturated rings. The van der Waals surface area contributed by atoms with E-state index in [1.165, 1.54) is 0 Å². The van der Waals surface area contributed by atoms with Crippen LogP contribution in [0.25, 0.3) is 0 Å². The van der Waals surface area contributed by atoms with Gasteiger partial charge in [-0.1, -0.05) is 0 Å². The Morgan fingerprint density at radius 3 is 1.57 bits per heavy atom. The average molecular weight is 580 g/mol. The summed E-state index contributed by atoms with van der Waals surface area (Å²) in [5.41, 5.74) is 0. The van der Waals surface area contributed by atoms with Gasteiger partial charge >= 0.3 is 36.3 Å². The molecule has 8 nitrogen and oxygen atoms in total. The Balaban J connectivity index is 2.45. The zero-order valence-corrected chi connectivity index (χ0v) is 18.9. The molecule has 0 spiro atoms. The summed E-state index contributed by atoms with van der Waals surface area (Å²) in [6.07, 6.45) is -37.1. The second kappa shape index (κ2) is 9.79. The van der Waals surface area contributed by atoms with E-state index in [2.05, 4.69) is 18.9 Å². The summed E-state index contributed by atoms with van der Waals surface area (Å²) in [5, 5.41) is 10.2. The monoisotopic (exact) mass is 580 g/mol. The smallest absolute Gasteiger partial charge is 0.388 e. The zero-order valence-electron chi connectivity index (χ0n) is 18.9. The van der Waals surface area contributed by atoms with Crippen LogP contribution in [0.4, 0.5) is 52.7 Å². The summed E-state index contributed by atoms with van der Waals surface area (Å²) in [4.78, 5) is 0. The Bertz CT molecular complexity index is 765. The van der Waals surface area contributed by atoms with Crippen LogP contribution in [0.15, 0.2) is 0 Å². The number of halogens is 12. The standard InChI is InChI=1S/C17H20F12O8/c1-11(2)35-9-8(36-13(32-4,16(24,25)26)17(27,28)29)7(34-10(9)37-11)6(30)5-33-12(31-3,14(18,19)20)15(21,22)23/h6-10,30H,5H2,1-4H3/t6-,7-,8+,9-,10-/m1/s1. The Kier molecular flexibility index (Phi) is 8.48. The van der Waals surface area contributed by atoms with Gasteiger partial charge in [0.15, 0.2) is 12.1 Å². The lowest BCUT2D eigenvalue weighted by Gasteiger charge is -2.40. The maximum absolute atomic E-state index is 13.5. The van der Waals surface area contributed by atoms with Crippen LogP contribution >= 0.6 is 0 Å². The molecule has 37 heavy (non-hydrogen) atoms. The van der Waals surface area contributed by atoms with Crippen LogP contribution in [0.5, 0.6) is 0 Å². The van der Waals surface area contributed by atoms with E-state index in [4.69, 9.17) is 14.2 Å². The number of methoxy groups -OCH3 is 2. The molecule has 5 atom stereocenters. The van der Waals surface area contributed by atoms with Gasteiger partial charge in [-0.3, -0.25) is 0 Å². The Labute approximate surface area is 199 Å². The summed E-state index contributed by atoms with van der Waals surface area (Å²) in [6.45, 7) is 0.270. The van der Waals surface area contributed by atoms with Crippen LogP contribution in [0.2, 0.25) is 0 Å². The molecule has 0 aromatic heterocycles. The molecule has 20 heteroatoms. The van der Waals surface area contributed by atoms with Crippen molar-refractivity contribution in [2.75, 3.05) is 20.8 Å². The van der Waals surface area contributed by atoms with Crippen LogP contribution in [0, 0.1) is 0 Å². The normalized spacial score (nSPS) is 28.5. The lowest BCUT2D eigenvalue weighted by molar-refractivity contribution is -0.477. The van der Waals surface area contributed by atoms with Gasteiger partial charge in [-0.2, -0.15) is 52.7 Å². The van der Waals surface area contributed by atoms with E-state index < -0.39 is 79.4 Å². The van der Waals surface area contributed by atoms with E-state index in [1.807, 2.05) is 0 Å². The van der Waals surface area contributed by atoms with Crippen LogP contribution < -0.4 is 0 Å². The van der Waals surface area contributed by atoms with Crippen molar-refractivity contribution in [3.63, 3.8) is 0 Å². The van der Waals surface area contributed by atoms with Gasteiger partial charge in [-0.15, -0.1) is 0 Å². The highest BCUT2D eigenvalue weighted by Gasteiger charge is 2.77. The summed E-state index contributed by atoms with van der Waals surface area (Å²) in [7, 11) is -0.0720. The number of aliphatic hydroxyl groups is 1. The quantitative estimate of drug-likeness (QED) is 0.345. The fourth-order valence-corrected chi connectivity index (χ4v) is 3.63. The van der Waals surface area contributed by atoms with Gasteiger partial charge in [0.25, 0.3) is 0 Å². The lowest BCUT2D eigenvalue weighted by Crippen LogP contribution is -2.64. The first-order valence-corrected chi connectivity index (χ1v) is 9.78. The van der Waals surface area contributed by atoms with E-state index in [0.717, 1.165) is 13.8 Å². The Morgan fingerprint density at radius 2 is 1.19 bits per heavy atom. The highest BCUT2D eigenvalue weighted by Crippen LogP contribution is 2.51. The molecule has 0 aromatic carbocycles. The van der Waals surface area contributed by atoms with Crippen molar-refractivity contribution in [2.45, 2.75) is 86.6 Å². The van der Waals surface area contributed by atoms with E-state index in [0.29, 0.717) is 0 Å². The lowest BCUT2D eigenvalue weighted by atomic mass is 10.0. The number of hydrogen-bond acceptors (Lipinski definition) is 8. The number of alkyl halides is 12. The first-order chi connectivity index (χ1) is 16.4. The highest BCUT2D eigenvalue weighted by molar-refractivity contribution is 5.01. The maximum Gasteiger partial charge on any atom is 0.453 e. The molecule has 2 saturated heterocycles. The minimum Gasteiger partial charge on any atom is -0.388 e. The summed E-state index contributed by atoms with van der Waals surface area (Å²) in [5.74, 6) is -12.4. The molecule has 2 rings (SSSR count). The Morgan fingerprint density at radius 1 is 0.757 bits per heavy atom. The Hall–Kier alpha value is -1.16. The van der Waals surface area contributed by atoms with E-state index in [-0.39, 0.29) is 14.2 Å². The zero-order chi connectivity index (χ0) is 29.0. The molecule has 1 N–H and O–H groups in total. The summed E-state index contributed by atoms with van der Waals surface area (Å²) < 4.78 is 190. The van der Waals surface area contributed by atoms with Gasteiger partial charge in [0, 0.05) is 14.2 Å². The molecule has 0 amide bonds. The van der Waals surface area contributed by atoms with Crippen LogP contribution in [-0.4, -0.2) is 98.7 Å². The summed E-state index contributed by atoms with van der Waals surface area (Å²) >= 11 is 0.